The van der Waals surface area contributed by atoms with E-state index in [-0.39, 0.29) is 0 Å². The van der Waals surface area contributed by atoms with Crippen LogP contribution in [0.4, 0.5) is 5.82 Å². The maximum Gasteiger partial charge on any atom is 0.145 e. The minimum Gasteiger partial charge on any atom is -0.308 e. The Morgan fingerprint density at radius 2 is 1.95 bits per heavy atom. The lowest BCUT2D eigenvalue weighted by Gasteiger charge is -2.27. The second kappa shape index (κ2) is 6.54. The fourth-order valence-electron chi connectivity index (χ4n) is 3.03. The number of aromatic nitrogens is 2. The minimum absolute atomic E-state index is 0.391. The van der Waals surface area contributed by atoms with Gasteiger partial charge in [-0.2, -0.15) is 11.8 Å². The van der Waals surface area contributed by atoms with Crippen LogP contribution in [0.2, 0.25) is 0 Å². The van der Waals surface area contributed by atoms with Gasteiger partial charge in [-0.1, -0.05) is 19.8 Å². The number of nitrogens with one attached hydrogen (secondary N) is 1. The van der Waals surface area contributed by atoms with Crippen LogP contribution in [0.1, 0.15) is 55.3 Å². The molecular weight excluding hydrogens is 288 g/mol. The van der Waals surface area contributed by atoms with E-state index in [1.807, 2.05) is 29.6 Å². The lowest BCUT2D eigenvalue weighted by atomic mass is 10.0. The molecule has 1 aromatic rings. The zero-order chi connectivity index (χ0) is 13.9. The molecule has 2 unspecified atom stereocenters. The zero-order valence-corrected chi connectivity index (χ0v) is 13.5. The molecule has 1 saturated heterocycles. The van der Waals surface area contributed by atoms with Gasteiger partial charge in [0.05, 0.1) is 5.25 Å². The van der Waals surface area contributed by atoms with Crippen LogP contribution in [0, 0.1) is 0 Å². The van der Waals surface area contributed by atoms with Crippen molar-refractivity contribution in [2.45, 2.75) is 49.0 Å². The summed E-state index contributed by atoms with van der Waals surface area (Å²) in [5.41, 5.74) is 3.90. The molecule has 0 aromatic carbocycles. The Balaban J connectivity index is 1.90. The molecule has 0 bridgehead atoms. The molecule has 2 fully saturated rings. The third kappa shape index (κ3) is 3.07. The number of nitrogen functional groups attached to an aromatic ring is 1. The van der Waals surface area contributed by atoms with Gasteiger partial charge in [0, 0.05) is 34.4 Å². The Morgan fingerprint density at radius 1 is 1.20 bits per heavy atom. The van der Waals surface area contributed by atoms with Crippen molar-refractivity contribution in [2.24, 2.45) is 5.84 Å². The Bertz CT molecular complexity index is 462. The number of rotatable bonds is 3. The summed E-state index contributed by atoms with van der Waals surface area (Å²) in [6, 6.07) is 2.03. The highest BCUT2D eigenvalue weighted by molar-refractivity contribution is 8.06. The first-order valence-corrected chi connectivity index (χ1v) is 9.46. The highest BCUT2D eigenvalue weighted by Crippen LogP contribution is 2.42. The monoisotopic (exact) mass is 310 g/mol. The Morgan fingerprint density at radius 3 is 2.65 bits per heavy atom. The van der Waals surface area contributed by atoms with Gasteiger partial charge in [-0.3, -0.25) is 0 Å². The summed E-state index contributed by atoms with van der Waals surface area (Å²) in [6.07, 6.45) is 5.14. The van der Waals surface area contributed by atoms with E-state index in [0.717, 1.165) is 11.6 Å². The van der Waals surface area contributed by atoms with Crippen molar-refractivity contribution in [3.8, 4) is 0 Å². The average Bonchev–Trinajstić information content (AvgIpc) is 3.01. The molecule has 0 spiro atoms. The van der Waals surface area contributed by atoms with Crippen LogP contribution >= 0.6 is 23.5 Å². The van der Waals surface area contributed by atoms with Gasteiger partial charge in [0.25, 0.3) is 0 Å². The van der Waals surface area contributed by atoms with Crippen LogP contribution in [0.3, 0.4) is 0 Å². The molecule has 20 heavy (non-hydrogen) atoms. The smallest absolute Gasteiger partial charge is 0.145 e. The third-order valence-electron chi connectivity index (χ3n) is 4.13. The van der Waals surface area contributed by atoms with Crippen molar-refractivity contribution in [1.29, 1.82) is 0 Å². The molecular formula is C14H22N4S2. The summed E-state index contributed by atoms with van der Waals surface area (Å²) in [5.74, 6) is 10.3. The van der Waals surface area contributed by atoms with Gasteiger partial charge >= 0.3 is 0 Å². The first kappa shape index (κ1) is 14.5. The van der Waals surface area contributed by atoms with Crippen molar-refractivity contribution in [3.63, 3.8) is 0 Å². The molecule has 0 radical (unpaired) electrons. The SMILES string of the molecule is CC1SCCSC1c1nc(NN)cc(C2CCCC2)n1. The first-order valence-electron chi connectivity index (χ1n) is 7.36. The summed E-state index contributed by atoms with van der Waals surface area (Å²) in [5, 5.41) is 0.959. The van der Waals surface area contributed by atoms with Gasteiger partial charge < -0.3 is 5.43 Å². The van der Waals surface area contributed by atoms with E-state index in [1.165, 1.54) is 42.9 Å². The standard InChI is InChI=1S/C14H22N4S2/c1-9-13(20-7-6-19-9)14-16-11(8-12(17-14)18-15)10-4-2-3-5-10/h8-10,13H,2-7,15H2,1H3,(H,16,17,18). The Hall–Kier alpha value is -0.460. The predicted molar refractivity (Wildman–Crippen MR) is 88.2 cm³/mol. The maximum absolute atomic E-state index is 5.60. The van der Waals surface area contributed by atoms with Gasteiger partial charge in [0.2, 0.25) is 0 Å². The number of hydrazine groups is 1. The van der Waals surface area contributed by atoms with Crippen LogP contribution in [0.15, 0.2) is 6.07 Å². The number of hydrogen-bond acceptors (Lipinski definition) is 6. The number of thioether (sulfide) groups is 2. The van der Waals surface area contributed by atoms with Gasteiger partial charge in [0.1, 0.15) is 11.6 Å². The summed E-state index contributed by atoms with van der Waals surface area (Å²) in [7, 11) is 0. The van der Waals surface area contributed by atoms with E-state index in [2.05, 4.69) is 17.3 Å². The number of nitrogens with two attached hydrogens (primary N) is 1. The summed E-state index contributed by atoms with van der Waals surface area (Å²) in [6.45, 7) is 2.28. The van der Waals surface area contributed by atoms with E-state index in [4.69, 9.17) is 10.8 Å². The largest absolute Gasteiger partial charge is 0.308 e. The van der Waals surface area contributed by atoms with Crippen molar-refractivity contribution in [3.05, 3.63) is 17.6 Å². The van der Waals surface area contributed by atoms with E-state index in [0.29, 0.717) is 16.4 Å². The van der Waals surface area contributed by atoms with Crippen molar-refractivity contribution < 1.29 is 0 Å². The summed E-state index contributed by atoms with van der Waals surface area (Å²) < 4.78 is 0. The summed E-state index contributed by atoms with van der Waals surface area (Å²) >= 11 is 4.00. The van der Waals surface area contributed by atoms with E-state index < -0.39 is 0 Å². The number of anilines is 1. The molecule has 3 rings (SSSR count). The van der Waals surface area contributed by atoms with Crippen LogP contribution in [0.5, 0.6) is 0 Å². The normalized spacial score (nSPS) is 27.7. The van der Waals surface area contributed by atoms with E-state index >= 15 is 0 Å². The molecule has 2 aliphatic rings. The molecule has 1 aromatic heterocycles. The van der Waals surface area contributed by atoms with Gasteiger partial charge in [-0.15, -0.1) is 11.8 Å². The van der Waals surface area contributed by atoms with Crippen molar-refractivity contribution in [1.82, 2.24) is 9.97 Å². The molecule has 4 nitrogen and oxygen atoms in total. The van der Waals surface area contributed by atoms with Crippen LogP contribution in [-0.2, 0) is 0 Å². The van der Waals surface area contributed by atoms with Gasteiger partial charge in [-0.25, -0.2) is 15.8 Å². The Kier molecular flexibility index (Phi) is 4.73. The van der Waals surface area contributed by atoms with Crippen LogP contribution in [-0.4, -0.2) is 26.7 Å². The number of hydrogen-bond donors (Lipinski definition) is 2. The van der Waals surface area contributed by atoms with Gasteiger partial charge in [-0.05, 0) is 12.8 Å². The lowest BCUT2D eigenvalue weighted by molar-refractivity contribution is 0.679. The molecule has 1 aliphatic heterocycles. The average molecular weight is 310 g/mol. The lowest BCUT2D eigenvalue weighted by Crippen LogP contribution is -2.20. The van der Waals surface area contributed by atoms with Gasteiger partial charge in [0.15, 0.2) is 0 Å². The third-order valence-corrected chi connectivity index (χ3v) is 7.21. The fourth-order valence-corrected chi connectivity index (χ4v) is 5.72. The van der Waals surface area contributed by atoms with E-state index in [9.17, 15) is 0 Å². The highest BCUT2D eigenvalue weighted by Gasteiger charge is 2.28. The predicted octanol–water partition coefficient (Wildman–Crippen LogP) is 3.33. The molecule has 1 saturated carbocycles. The summed E-state index contributed by atoms with van der Waals surface area (Å²) in [4.78, 5) is 9.51. The van der Waals surface area contributed by atoms with Crippen molar-refractivity contribution in [2.75, 3.05) is 16.9 Å². The molecule has 3 N–H and O–H groups in total. The van der Waals surface area contributed by atoms with Crippen LogP contribution < -0.4 is 11.3 Å². The maximum atomic E-state index is 5.60. The first-order chi connectivity index (χ1) is 9.78. The molecule has 0 amide bonds. The zero-order valence-electron chi connectivity index (χ0n) is 11.8. The molecule has 110 valence electrons. The van der Waals surface area contributed by atoms with Crippen LogP contribution in [0.25, 0.3) is 0 Å². The second-order valence-electron chi connectivity index (χ2n) is 5.53. The van der Waals surface area contributed by atoms with Crippen molar-refractivity contribution >= 4 is 29.3 Å². The number of nitrogens with zero attached hydrogens (tertiary/aromatic N) is 2. The topological polar surface area (TPSA) is 63.8 Å². The quantitative estimate of drug-likeness (QED) is 0.659. The molecule has 2 heterocycles. The molecule has 1 aliphatic carbocycles. The highest BCUT2D eigenvalue weighted by atomic mass is 32.2. The fraction of sp³-hybridized carbons (Fsp3) is 0.714. The van der Waals surface area contributed by atoms with E-state index in [1.54, 1.807) is 0 Å². The molecule has 6 heteroatoms. The second-order valence-corrected chi connectivity index (χ2v) is 8.26. The minimum atomic E-state index is 0.391. The molecule has 2 atom stereocenters. The Labute approximate surface area is 129 Å².